The van der Waals surface area contributed by atoms with E-state index in [4.69, 9.17) is 13.9 Å². The largest absolute Gasteiger partial charge is 0.493 e. The Morgan fingerprint density at radius 1 is 1.06 bits per heavy atom. The van der Waals surface area contributed by atoms with Crippen LogP contribution >= 0.6 is 15.9 Å². The highest BCUT2D eigenvalue weighted by Gasteiger charge is 2.42. The standard InChI is InChI=1S/C28H33BrN2O5/c1-5-6-7-15-35-22-11-9-18(16-23(22)34-4)25-24-26(32)20-17-19(29)10-12-21(20)36-27(24)28(33)31(25)14-8-13-30(2)3/h9-12,16-17,25H,5-8,13-15H2,1-4H3. The van der Waals surface area contributed by atoms with Gasteiger partial charge in [0.25, 0.3) is 5.91 Å². The maximum Gasteiger partial charge on any atom is 0.290 e. The van der Waals surface area contributed by atoms with Crippen LogP contribution in [0.1, 0.15) is 60.3 Å². The fourth-order valence-corrected chi connectivity index (χ4v) is 5.00. The minimum Gasteiger partial charge on any atom is -0.493 e. The van der Waals surface area contributed by atoms with E-state index in [1.165, 1.54) is 0 Å². The summed E-state index contributed by atoms with van der Waals surface area (Å²) >= 11 is 3.44. The molecule has 0 aliphatic carbocycles. The van der Waals surface area contributed by atoms with Gasteiger partial charge in [0.2, 0.25) is 5.76 Å². The maximum atomic E-state index is 13.7. The summed E-state index contributed by atoms with van der Waals surface area (Å²) in [4.78, 5) is 31.1. The minimum atomic E-state index is -0.572. The molecule has 1 aromatic heterocycles. The van der Waals surface area contributed by atoms with E-state index in [9.17, 15) is 9.59 Å². The molecule has 1 aliphatic heterocycles. The molecule has 0 fully saturated rings. The molecule has 3 aromatic rings. The molecule has 1 unspecified atom stereocenters. The van der Waals surface area contributed by atoms with Crippen LogP contribution in [0.5, 0.6) is 11.5 Å². The lowest BCUT2D eigenvalue weighted by atomic mass is 9.98. The highest BCUT2D eigenvalue weighted by Crippen LogP contribution is 2.41. The number of benzene rings is 2. The smallest absolute Gasteiger partial charge is 0.290 e. The first-order chi connectivity index (χ1) is 17.3. The van der Waals surface area contributed by atoms with Crippen LogP contribution in [-0.2, 0) is 0 Å². The minimum absolute atomic E-state index is 0.114. The highest BCUT2D eigenvalue weighted by atomic mass is 79.9. The van der Waals surface area contributed by atoms with Crippen molar-refractivity contribution in [2.24, 2.45) is 0 Å². The van der Waals surface area contributed by atoms with E-state index in [0.29, 0.717) is 41.2 Å². The number of hydrogen-bond donors (Lipinski definition) is 0. The molecule has 36 heavy (non-hydrogen) atoms. The molecule has 1 atom stereocenters. The Labute approximate surface area is 220 Å². The number of nitrogens with zero attached hydrogens (tertiary/aromatic N) is 2. The van der Waals surface area contributed by atoms with Crippen molar-refractivity contribution in [3.05, 3.63) is 68.0 Å². The number of amides is 1. The second kappa shape index (κ2) is 11.5. The second-order valence-corrected chi connectivity index (χ2v) is 10.3. The average molecular weight is 557 g/mol. The van der Waals surface area contributed by atoms with Crippen molar-refractivity contribution in [3.63, 3.8) is 0 Å². The Bertz CT molecular complexity index is 1300. The number of carbonyl (C=O) groups excluding carboxylic acids is 1. The fourth-order valence-electron chi connectivity index (χ4n) is 4.63. The summed E-state index contributed by atoms with van der Waals surface area (Å²) in [6, 6.07) is 10.3. The molecule has 0 saturated heterocycles. The predicted molar refractivity (Wildman–Crippen MR) is 144 cm³/mol. The van der Waals surface area contributed by atoms with Crippen LogP contribution < -0.4 is 14.9 Å². The topological polar surface area (TPSA) is 72.2 Å². The SMILES string of the molecule is CCCCCOc1ccc(C2c3c(oc4ccc(Br)cc4c3=O)C(=O)N2CCCN(C)C)cc1OC. The van der Waals surface area contributed by atoms with E-state index in [0.717, 1.165) is 42.3 Å². The van der Waals surface area contributed by atoms with Crippen LogP contribution in [0.2, 0.25) is 0 Å². The zero-order valence-corrected chi connectivity index (χ0v) is 22.9. The number of methoxy groups -OCH3 is 1. The van der Waals surface area contributed by atoms with Crippen molar-refractivity contribution in [2.45, 2.75) is 38.6 Å². The van der Waals surface area contributed by atoms with E-state index in [2.05, 4.69) is 27.8 Å². The number of halogens is 1. The third kappa shape index (κ3) is 5.30. The van der Waals surface area contributed by atoms with Gasteiger partial charge in [0.05, 0.1) is 30.7 Å². The third-order valence-corrected chi connectivity index (χ3v) is 6.93. The summed E-state index contributed by atoms with van der Waals surface area (Å²) in [6.07, 6.45) is 3.95. The van der Waals surface area contributed by atoms with Gasteiger partial charge in [-0.2, -0.15) is 0 Å². The van der Waals surface area contributed by atoms with Gasteiger partial charge in [0, 0.05) is 11.0 Å². The van der Waals surface area contributed by atoms with Crippen molar-refractivity contribution in [1.82, 2.24) is 9.80 Å². The summed E-state index contributed by atoms with van der Waals surface area (Å²) in [5, 5.41) is 0.443. The molecule has 7 nitrogen and oxygen atoms in total. The van der Waals surface area contributed by atoms with Crippen LogP contribution in [-0.4, -0.2) is 56.6 Å². The molecule has 0 N–H and O–H groups in total. The monoisotopic (exact) mass is 556 g/mol. The number of ether oxygens (including phenoxy) is 2. The van der Waals surface area contributed by atoms with Gasteiger partial charge < -0.3 is 23.7 Å². The van der Waals surface area contributed by atoms with Crippen LogP contribution in [0.15, 0.2) is 50.1 Å². The summed E-state index contributed by atoms with van der Waals surface area (Å²) in [6.45, 7) is 4.06. The number of hydrogen-bond acceptors (Lipinski definition) is 6. The number of fused-ring (bicyclic) bond motifs is 2. The van der Waals surface area contributed by atoms with Gasteiger partial charge in [-0.15, -0.1) is 0 Å². The molecular formula is C28H33BrN2O5. The van der Waals surface area contributed by atoms with Crippen molar-refractivity contribution >= 4 is 32.8 Å². The van der Waals surface area contributed by atoms with Gasteiger partial charge >= 0.3 is 0 Å². The first-order valence-corrected chi connectivity index (χ1v) is 13.2. The van der Waals surface area contributed by atoms with Crippen molar-refractivity contribution in [1.29, 1.82) is 0 Å². The molecule has 0 bridgehead atoms. The van der Waals surface area contributed by atoms with Crippen LogP contribution in [0.3, 0.4) is 0 Å². The Kier molecular flexibility index (Phi) is 8.36. The summed E-state index contributed by atoms with van der Waals surface area (Å²) in [5.41, 5.74) is 1.36. The Morgan fingerprint density at radius 3 is 2.58 bits per heavy atom. The molecule has 4 rings (SSSR count). The van der Waals surface area contributed by atoms with Gasteiger partial charge in [-0.3, -0.25) is 9.59 Å². The number of unbranched alkanes of at least 4 members (excludes halogenated alkanes) is 2. The summed E-state index contributed by atoms with van der Waals surface area (Å²) < 4.78 is 18.4. The Balaban J connectivity index is 1.78. The van der Waals surface area contributed by atoms with Gasteiger partial charge in [-0.25, -0.2) is 0 Å². The van der Waals surface area contributed by atoms with Gasteiger partial charge in [0.1, 0.15) is 5.58 Å². The zero-order chi connectivity index (χ0) is 25.8. The molecule has 0 spiro atoms. The molecule has 2 heterocycles. The summed E-state index contributed by atoms with van der Waals surface area (Å²) in [7, 11) is 5.59. The molecule has 0 radical (unpaired) electrons. The van der Waals surface area contributed by atoms with Gasteiger partial charge in [-0.1, -0.05) is 41.8 Å². The first-order valence-electron chi connectivity index (χ1n) is 12.4. The van der Waals surface area contributed by atoms with Crippen LogP contribution in [0.4, 0.5) is 0 Å². The van der Waals surface area contributed by atoms with Gasteiger partial charge in [-0.05, 0) is 69.4 Å². The molecule has 8 heteroatoms. The molecule has 2 aromatic carbocycles. The number of rotatable bonds is 11. The van der Waals surface area contributed by atoms with E-state index in [-0.39, 0.29) is 17.1 Å². The van der Waals surface area contributed by atoms with Crippen LogP contribution in [0.25, 0.3) is 11.0 Å². The average Bonchev–Trinajstić information content (AvgIpc) is 3.14. The van der Waals surface area contributed by atoms with Gasteiger partial charge in [0.15, 0.2) is 16.9 Å². The quantitative estimate of drug-likeness (QED) is 0.285. The second-order valence-electron chi connectivity index (χ2n) is 9.34. The van der Waals surface area contributed by atoms with E-state index in [1.54, 1.807) is 30.2 Å². The van der Waals surface area contributed by atoms with E-state index in [1.807, 2.05) is 32.3 Å². The first kappa shape index (κ1) is 26.2. The molecule has 1 amide bonds. The molecular weight excluding hydrogens is 524 g/mol. The lowest BCUT2D eigenvalue weighted by Gasteiger charge is -2.26. The lowest BCUT2D eigenvalue weighted by molar-refractivity contribution is 0.0722. The van der Waals surface area contributed by atoms with Crippen molar-refractivity contribution in [3.8, 4) is 11.5 Å². The third-order valence-electron chi connectivity index (χ3n) is 6.44. The summed E-state index contributed by atoms with van der Waals surface area (Å²) in [5.74, 6) is 1.07. The normalized spacial score (nSPS) is 15.1. The molecule has 192 valence electrons. The Morgan fingerprint density at radius 2 is 1.86 bits per heavy atom. The lowest BCUT2D eigenvalue weighted by Crippen LogP contribution is -2.32. The van der Waals surface area contributed by atoms with Crippen molar-refractivity contribution < 1.29 is 18.7 Å². The van der Waals surface area contributed by atoms with E-state index < -0.39 is 6.04 Å². The van der Waals surface area contributed by atoms with Crippen molar-refractivity contribution in [2.75, 3.05) is 40.9 Å². The number of carbonyl (C=O) groups is 1. The Hall–Kier alpha value is -2.84. The zero-order valence-electron chi connectivity index (χ0n) is 21.3. The van der Waals surface area contributed by atoms with E-state index >= 15 is 0 Å². The predicted octanol–water partition coefficient (Wildman–Crippen LogP) is 5.63. The van der Waals surface area contributed by atoms with Crippen LogP contribution in [0, 0.1) is 0 Å². The highest BCUT2D eigenvalue weighted by molar-refractivity contribution is 9.10. The fraction of sp³-hybridized carbons (Fsp3) is 0.429. The maximum absolute atomic E-state index is 13.7. The molecule has 0 saturated carbocycles. The molecule has 1 aliphatic rings.